The molecule has 4 aromatic rings. The fourth-order valence-corrected chi connectivity index (χ4v) is 3.41. The number of pyridine rings is 1. The van der Waals surface area contributed by atoms with E-state index in [4.69, 9.17) is 4.98 Å². The molecule has 0 aliphatic carbocycles. The first-order valence-corrected chi connectivity index (χ1v) is 9.40. The molecule has 140 valence electrons. The number of carbonyl (C=O) groups is 1. The molecule has 0 bridgehead atoms. The molecule has 0 saturated carbocycles. The first-order valence-electron chi connectivity index (χ1n) is 9.40. The zero-order valence-electron chi connectivity index (χ0n) is 16.4. The fraction of sp³-hybridized carbons (Fsp3) is 0.167. The van der Waals surface area contributed by atoms with Crippen molar-refractivity contribution in [3.63, 3.8) is 0 Å². The van der Waals surface area contributed by atoms with Gasteiger partial charge in [0, 0.05) is 23.6 Å². The smallest absolute Gasteiger partial charge is 0.228 e. The second-order valence-electron chi connectivity index (χ2n) is 7.29. The molecular weight excluding hydrogens is 346 g/mol. The van der Waals surface area contributed by atoms with Crippen molar-refractivity contribution in [2.75, 3.05) is 5.32 Å². The minimum absolute atomic E-state index is 0.0169. The van der Waals surface area contributed by atoms with Gasteiger partial charge in [0.2, 0.25) is 5.91 Å². The summed E-state index contributed by atoms with van der Waals surface area (Å²) in [5.41, 5.74) is 7.98. The van der Waals surface area contributed by atoms with E-state index in [9.17, 15) is 4.79 Å². The number of fused-ring (bicyclic) bond motifs is 1. The van der Waals surface area contributed by atoms with Crippen LogP contribution in [0.1, 0.15) is 22.3 Å². The van der Waals surface area contributed by atoms with Crippen molar-refractivity contribution in [1.82, 2.24) is 9.38 Å². The predicted molar refractivity (Wildman–Crippen MR) is 114 cm³/mol. The van der Waals surface area contributed by atoms with E-state index < -0.39 is 0 Å². The third-order valence-corrected chi connectivity index (χ3v) is 4.93. The quantitative estimate of drug-likeness (QED) is 0.543. The van der Waals surface area contributed by atoms with E-state index in [0.717, 1.165) is 44.8 Å². The number of aryl methyl sites for hydroxylation is 3. The van der Waals surface area contributed by atoms with Crippen LogP contribution in [0.5, 0.6) is 0 Å². The molecule has 0 saturated heterocycles. The highest BCUT2D eigenvalue weighted by Crippen LogP contribution is 2.26. The van der Waals surface area contributed by atoms with Crippen LogP contribution < -0.4 is 5.32 Å². The van der Waals surface area contributed by atoms with Gasteiger partial charge in [-0.1, -0.05) is 48.0 Å². The number of nitrogens with zero attached hydrogens (tertiary/aromatic N) is 2. The molecule has 0 atom stereocenters. The Morgan fingerprint density at radius 2 is 1.86 bits per heavy atom. The van der Waals surface area contributed by atoms with E-state index in [1.54, 1.807) is 0 Å². The van der Waals surface area contributed by atoms with Crippen LogP contribution in [-0.2, 0) is 11.2 Å². The molecule has 28 heavy (non-hydrogen) atoms. The number of aromatic nitrogens is 2. The summed E-state index contributed by atoms with van der Waals surface area (Å²) < 4.78 is 2.03. The molecule has 0 fully saturated rings. The minimum Gasteiger partial charge on any atom is -0.326 e. The highest BCUT2D eigenvalue weighted by Gasteiger charge is 2.11. The number of amides is 1. The summed E-state index contributed by atoms with van der Waals surface area (Å²) in [4.78, 5) is 17.3. The summed E-state index contributed by atoms with van der Waals surface area (Å²) in [6.07, 6.45) is 4.38. The second-order valence-corrected chi connectivity index (χ2v) is 7.29. The molecule has 4 heteroatoms. The lowest BCUT2D eigenvalue weighted by Crippen LogP contribution is -2.15. The number of benzene rings is 2. The number of carbonyl (C=O) groups excluding carboxylic acids is 1. The molecule has 0 unspecified atom stereocenters. The van der Waals surface area contributed by atoms with Gasteiger partial charge < -0.3 is 9.72 Å². The topological polar surface area (TPSA) is 46.4 Å². The zero-order chi connectivity index (χ0) is 19.7. The van der Waals surface area contributed by atoms with Crippen LogP contribution in [0.25, 0.3) is 16.9 Å². The van der Waals surface area contributed by atoms with Gasteiger partial charge in [0.25, 0.3) is 0 Å². The minimum atomic E-state index is -0.0169. The molecule has 0 aliphatic rings. The summed E-state index contributed by atoms with van der Waals surface area (Å²) in [6.45, 7) is 6.09. The maximum Gasteiger partial charge on any atom is 0.228 e. The Bertz CT molecular complexity index is 1170. The van der Waals surface area contributed by atoms with Crippen molar-refractivity contribution in [3.05, 3.63) is 89.2 Å². The van der Waals surface area contributed by atoms with E-state index in [-0.39, 0.29) is 5.91 Å². The third-order valence-electron chi connectivity index (χ3n) is 4.93. The lowest BCUT2D eigenvalue weighted by Gasteiger charge is -2.10. The molecule has 4 nitrogen and oxygen atoms in total. The lowest BCUT2D eigenvalue weighted by atomic mass is 10.1. The van der Waals surface area contributed by atoms with E-state index in [1.165, 1.54) is 0 Å². The van der Waals surface area contributed by atoms with E-state index >= 15 is 0 Å². The SMILES string of the molecule is Cc1cccc(CC(=O)Nc2cc(-c3cn4cccc(C)c4n3)ccc2C)c1. The molecule has 1 amide bonds. The first-order chi connectivity index (χ1) is 13.5. The Morgan fingerprint density at radius 3 is 2.64 bits per heavy atom. The molecule has 4 rings (SSSR count). The number of nitrogens with one attached hydrogen (secondary N) is 1. The highest BCUT2D eigenvalue weighted by molar-refractivity contribution is 5.93. The standard InChI is InChI=1S/C24H23N3O/c1-16-6-4-8-19(12-16)13-23(28)25-21-14-20(10-9-17(21)2)22-15-27-11-5-7-18(3)24(27)26-22/h4-12,14-15H,13H2,1-3H3,(H,25,28). The van der Waals surface area contributed by atoms with Crippen LogP contribution in [0.4, 0.5) is 5.69 Å². The van der Waals surface area contributed by atoms with Crippen molar-refractivity contribution in [2.24, 2.45) is 0 Å². The Kier molecular flexibility index (Phi) is 4.70. The molecule has 2 heterocycles. The normalized spacial score (nSPS) is 11.0. The second kappa shape index (κ2) is 7.31. The predicted octanol–water partition coefficient (Wildman–Crippen LogP) is 5.11. The van der Waals surface area contributed by atoms with E-state index in [2.05, 4.69) is 18.3 Å². The molecule has 0 spiro atoms. The zero-order valence-corrected chi connectivity index (χ0v) is 16.4. The molecule has 2 aromatic carbocycles. The summed E-state index contributed by atoms with van der Waals surface area (Å²) in [5.74, 6) is -0.0169. The van der Waals surface area contributed by atoms with Gasteiger partial charge in [0.15, 0.2) is 0 Å². The van der Waals surface area contributed by atoms with Gasteiger partial charge in [-0.05, 0) is 49.6 Å². The van der Waals surface area contributed by atoms with Crippen LogP contribution in [0.3, 0.4) is 0 Å². The average molecular weight is 369 g/mol. The average Bonchev–Trinajstić information content (AvgIpc) is 3.09. The number of imidazole rings is 1. The van der Waals surface area contributed by atoms with Crippen molar-refractivity contribution >= 4 is 17.2 Å². The van der Waals surface area contributed by atoms with E-state index in [1.807, 2.05) is 79.2 Å². The number of hydrogen-bond donors (Lipinski definition) is 1. The summed E-state index contributed by atoms with van der Waals surface area (Å²) in [5, 5.41) is 3.06. The van der Waals surface area contributed by atoms with Crippen LogP contribution in [0.15, 0.2) is 67.0 Å². The monoisotopic (exact) mass is 369 g/mol. The molecule has 0 aliphatic heterocycles. The summed E-state index contributed by atoms with van der Waals surface area (Å²) in [7, 11) is 0. The van der Waals surface area contributed by atoms with Gasteiger partial charge in [0.1, 0.15) is 5.65 Å². The van der Waals surface area contributed by atoms with Crippen molar-refractivity contribution in [1.29, 1.82) is 0 Å². The third kappa shape index (κ3) is 3.67. The van der Waals surface area contributed by atoms with Crippen LogP contribution >= 0.6 is 0 Å². The fourth-order valence-electron chi connectivity index (χ4n) is 3.41. The maximum atomic E-state index is 12.5. The van der Waals surface area contributed by atoms with Crippen LogP contribution in [-0.4, -0.2) is 15.3 Å². The van der Waals surface area contributed by atoms with E-state index in [0.29, 0.717) is 6.42 Å². The van der Waals surface area contributed by atoms with Gasteiger partial charge in [0.05, 0.1) is 12.1 Å². The van der Waals surface area contributed by atoms with Crippen molar-refractivity contribution in [2.45, 2.75) is 27.2 Å². The molecule has 2 aromatic heterocycles. The lowest BCUT2D eigenvalue weighted by molar-refractivity contribution is -0.115. The number of anilines is 1. The Balaban J connectivity index is 1.59. The van der Waals surface area contributed by atoms with Gasteiger partial charge in [-0.2, -0.15) is 0 Å². The maximum absolute atomic E-state index is 12.5. The van der Waals surface area contributed by atoms with Crippen molar-refractivity contribution in [3.8, 4) is 11.3 Å². The Hall–Kier alpha value is -3.40. The largest absolute Gasteiger partial charge is 0.326 e. The molecule has 1 N–H and O–H groups in total. The summed E-state index contributed by atoms with van der Waals surface area (Å²) in [6, 6.07) is 18.2. The van der Waals surface area contributed by atoms with Crippen molar-refractivity contribution < 1.29 is 4.79 Å². The molecular formula is C24H23N3O. The molecule has 0 radical (unpaired) electrons. The Morgan fingerprint density at radius 1 is 1.00 bits per heavy atom. The summed E-state index contributed by atoms with van der Waals surface area (Å²) >= 11 is 0. The van der Waals surface area contributed by atoms with Crippen LogP contribution in [0.2, 0.25) is 0 Å². The van der Waals surface area contributed by atoms with Gasteiger partial charge in [-0.25, -0.2) is 4.98 Å². The van der Waals surface area contributed by atoms with Crippen LogP contribution in [0, 0.1) is 20.8 Å². The number of hydrogen-bond acceptors (Lipinski definition) is 2. The number of rotatable bonds is 4. The van der Waals surface area contributed by atoms with Gasteiger partial charge in [-0.15, -0.1) is 0 Å². The van der Waals surface area contributed by atoms with Gasteiger partial charge in [-0.3, -0.25) is 4.79 Å². The highest BCUT2D eigenvalue weighted by atomic mass is 16.1. The Labute approximate surface area is 164 Å². The first kappa shape index (κ1) is 18.0. The van der Waals surface area contributed by atoms with Gasteiger partial charge >= 0.3 is 0 Å².